The van der Waals surface area contributed by atoms with Crippen molar-refractivity contribution in [2.45, 2.75) is 51.6 Å². The van der Waals surface area contributed by atoms with Crippen molar-refractivity contribution in [3.05, 3.63) is 29.8 Å². The first-order chi connectivity index (χ1) is 8.65. The van der Waals surface area contributed by atoms with Gasteiger partial charge in [0.25, 0.3) is 0 Å². The summed E-state index contributed by atoms with van der Waals surface area (Å²) in [7, 11) is 0. The molecule has 0 amide bonds. The van der Waals surface area contributed by atoms with Crippen LogP contribution in [0.5, 0.6) is 5.75 Å². The molecule has 1 rings (SSSR count). The number of hydrogen-bond donors (Lipinski definition) is 2. The highest BCUT2D eigenvalue weighted by atomic mass is 16.3. The van der Waals surface area contributed by atoms with Crippen LogP contribution in [-0.4, -0.2) is 17.2 Å². The van der Waals surface area contributed by atoms with Gasteiger partial charge >= 0.3 is 0 Å². The Bertz CT molecular complexity index is 377. The fraction of sp³-hybridized carbons (Fsp3) is 0.500. The number of nitrogens with one attached hydrogen (secondary N) is 1. The zero-order valence-corrected chi connectivity index (χ0v) is 11.3. The Morgan fingerprint density at radius 1 is 1.33 bits per heavy atom. The first-order valence-corrected chi connectivity index (χ1v) is 6.63. The standard InChI is InChI=1S/C16H23NO/c1-4-6-15(5-2)17-13(3)7-8-14-9-11-16(18)12-10-14/h1,9-13,15,17-18H,5-8H2,2-3H3. The lowest BCUT2D eigenvalue weighted by molar-refractivity contribution is 0.422. The van der Waals surface area contributed by atoms with Gasteiger partial charge in [0.2, 0.25) is 0 Å². The minimum absolute atomic E-state index is 0.324. The van der Waals surface area contributed by atoms with E-state index in [9.17, 15) is 5.11 Å². The van der Waals surface area contributed by atoms with E-state index >= 15 is 0 Å². The lowest BCUT2D eigenvalue weighted by atomic mass is 10.0. The van der Waals surface area contributed by atoms with E-state index in [1.807, 2.05) is 12.1 Å². The summed E-state index contributed by atoms with van der Waals surface area (Å²) in [5.41, 5.74) is 1.26. The first-order valence-electron chi connectivity index (χ1n) is 6.63. The molecule has 0 heterocycles. The molecule has 0 aromatic heterocycles. The molecule has 0 spiro atoms. The molecule has 0 aliphatic heterocycles. The van der Waals surface area contributed by atoms with E-state index in [1.165, 1.54) is 5.56 Å². The van der Waals surface area contributed by atoms with Crippen molar-refractivity contribution in [1.82, 2.24) is 5.32 Å². The SMILES string of the molecule is C#CCC(CC)NC(C)CCc1ccc(O)cc1. The number of phenols is 1. The van der Waals surface area contributed by atoms with Crippen molar-refractivity contribution < 1.29 is 5.11 Å². The third kappa shape index (κ3) is 5.25. The Kier molecular flexibility index (Phi) is 6.32. The molecule has 18 heavy (non-hydrogen) atoms. The summed E-state index contributed by atoms with van der Waals surface area (Å²) in [6.07, 6.45) is 9.29. The Labute approximate surface area is 110 Å². The molecule has 2 heteroatoms. The van der Waals surface area contributed by atoms with Crippen LogP contribution in [0.15, 0.2) is 24.3 Å². The summed E-state index contributed by atoms with van der Waals surface area (Å²) in [6.45, 7) is 4.35. The second-order valence-corrected chi connectivity index (χ2v) is 4.79. The van der Waals surface area contributed by atoms with Gasteiger partial charge in [0.1, 0.15) is 5.75 Å². The highest BCUT2D eigenvalue weighted by Crippen LogP contribution is 2.12. The number of aromatic hydroxyl groups is 1. The predicted octanol–water partition coefficient (Wildman–Crippen LogP) is 3.10. The summed E-state index contributed by atoms with van der Waals surface area (Å²) in [5.74, 6) is 3.04. The van der Waals surface area contributed by atoms with Crippen LogP contribution in [0.4, 0.5) is 0 Å². The molecule has 0 saturated heterocycles. The molecule has 98 valence electrons. The third-order valence-electron chi connectivity index (χ3n) is 3.18. The lowest BCUT2D eigenvalue weighted by Gasteiger charge is -2.20. The Balaban J connectivity index is 2.34. The van der Waals surface area contributed by atoms with Gasteiger partial charge in [-0.3, -0.25) is 0 Å². The van der Waals surface area contributed by atoms with Gasteiger partial charge < -0.3 is 10.4 Å². The Morgan fingerprint density at radius 2 is 2.00 bits per heavy atom. The monoisotopic (exact) mass is 245 g/mol. The van der Waals surface area contributed by atoms with Gasteiger partial charge in [-0.05, 0) is 43.9 Å². The molecule has 0 bridgehead atoms. The zero-order chi connectivity index (χ0) is 13.4. The maximum Gasteiger partial charge on any atom is 0.115 e. The second kappa shape index (κ2) is 7.79. The van der Waals surface area contributed by atoms with E-state index in [1.54, 1.807) is 12.1 Å². The van der Waals surface area contributed by atoms with E-state index in [0.29, 0.717) is 17.8 Å². The van der Waals surface area contributed by atoms with E-state index in [2.05, 4.69) is 25.1 Å². The smallest absolute Gasteiger partial charge is 0.115 e. The van der Waals surface area contributed by atoms with Gasteiger partial charge in [-0.25, -0.2) is 0 Å². The Morgan fingerprint density at radius 3 is 2.56 bits per heavy atom. The van der Waals surface area contributed by atoms with Gasteiger partial charge in [-0.2, -0.15) is 0 Å². The molecular formula is C16H23NO. The fourth-order valence-corrected chi connectivity index (χ4v) is 1.99. The number of terminal acetylenes is 1. The minimum Gasteiger partial charge on any atom is -0.508 e. The minimum atomic E-state index is 0.324. The van der Waals surface area contributed by atoms with E-state index < -0.39 is 0 Å². The van der Waals surface area contributed by atoms with Crippen LogP contribution in [0.25, 0.3) is 0 Å². The van der Waals surface area contributed by atoms with Crippen LogP contribution in [-0.2, 0) is 6.42 Å². The van der Waals surface area contributed by atoms with Crippen LogP contribution >= 0.6 is 0 Å². The predicted molar refractivity (Wildman–Crippen MR) is 76.6 cm³/mol. The second-order valence-electron chi connectivity index (χ2n) is 4.79. The normalized spacial score (nSPS) is 13.8. The maximum absolute atomic E-state index is 9.21. The van der Waals surface area contributed by atoms with Crippen molar-refractivity contribution in [1.29, 1.82) is 0 Å². The lowest BCUT2D eigenvalue weighted by Crippen LogP contribution is -2.36. The molecule has 0 radical (unpaired) electrons. The quantitative estimate of drug-likeness (QED) is 0.723. The van der Waals surface area contributed by atoms with Gasteiger partial charge in [-0.15, -0.1) is 12.3 Å². The number of aryl methyl sites for hydroxylation is 1. The molecule has 1 aromatic carbocycles. The molecule has 0 aliphatic carbocycles. The summed E-state index contributed by atoms with van der Waals surface area (Å²) in [6, 6.07) is 8.30. The fourth-order valence-electron chi connectivity index (χ4n) is 1.99. The van der Waals surface area contributed by atoms with Crippen molar-refractivity contribution >= 4 is 0 Å². The highest BCUT2D eigenvalue weighted by Gasteiger charge is 2.09. The summed E-state index contributed by atoms with van der Waals surface area (Å²) in [5, 5.41) is 12.8. The van der Waals surface area contributed by atoms with Gasteiger partial charge in [0.15, 0.2) is 0 Å². The zero-order valence-electron chi connectivity index (χ0n) is 11.3. The molecule has 2 atom stereocenters. The largest absolute Gasteiger partial charge is 0.508 e. The summed E-state index contributed by atoms with van der Waals surface area (Å²) >= 11 is 0. The maximum atomic E-state index is 9.21. The van der Waals surface area contributed by atoms with Crippen LogP contribution in [0, 0.1) is 12.3 Å². The average molecular weight is 245 g/mol. The molecule has 2 unspecified atom stereocenters. The number of benzene rings is 1. The van der Waals surface area contributed by atoms with Crippen molar-refractivity contribution in [2.24, 2.45) is 0 Å². The van der Waals surface area contributed by atoms with Crippen LogP contribution in [0.2, 0.25) is 0 Å². The molecule has 2 nitrogen and oxygen atoms in total. The number of phenolic OH excluding ortho intramolecular Hbond substituents is 1. The number of hydrogen-bond acceptors (Lipinski definition) is 2. The summed E-state index contributed by atoms with van der Waals surface area (Å²) < 4.78 is 0. The molecule has 2 N–H and O–H groups in total. The van der Waals surface area contributed by atoms with Gasteiger partial charge in [0, 0.05) is 18.5 Å². The van der Waals surface area contributed by atoms with E-state index in [-0.39, 0.29) is 0 Å². The summed E-state index contributed by atoms with van der Waals surface area (Å²) in [4.78, 5) is 0. The van der Waals surface area contributed by atoms with Crippen LogP contribution in [0.3, 0.4) is 0 Å². The van der Waals surface area contributed by atoms with Crippen LogP contribution < -0.4 is 5.32 Å². The third-order valence-corrected chi connectivity index (χ3v) is 3.18. The first kappa shape index (κ1) is 14.6. The molecule has 0 aliphatic rings. The van der Waals surface area contributed by atoms with Crippen molar-refractivity contribution in [3.8, 4) is 18.1 Å². The Hall–Kier alpha value is -1.46. The highest BCUT2D eigenvalue weighted by molar-refractivity contribution is 5.25. The van der Waals surface area contributed by atoms with Crippen LogP contribution in [0.1, 0.15) is 38.7 Å². The number of rotatable bonds is 7. The van der Waals surface area contributed by atoms with E-state index in [0.717, 1.165) is 25.7 Å². The topological polar surface area (TPSA) is 32.3 Å². The molecule has 1 aromatic rings. The van der Waals surface area contributed by atoms with Crippen molar-refractivity contribution in [2.75, 3.05) is 0 Å². The molecule has 0 fully saturated rings. The molecule has 0 saturated carbocycles. The van der Waals surface area contributed by atoms with E-state index in [4.69, 9.17) is 6.42 Å². The van der Waals surface area contributed by atoms with Crippen molar-refractivity contribution in [3.63, 3.8) is 0 Å². The van der Waals surface area contributed by atoms with Gasteiger partial charge in [-0.1, -0.05) is 19.1 Å². The molecular weight excluding hydrogens is 222 g/mol. The van der Waals surface area contributed by atoms with Gasteiger partial charge in [0.05, 0.1) is 0 Å². The average Bonchev–Trinajstić information content (AvgIpc) is 2.37.